The molecule has 6 heteroatoms. The van der Waals surface area contributed by atoms with E-state index in [2.05, 4.69) is 9.47 Å². The van der Waals surface area contributed by atoms with Crippen LogP contribution in [0.25, 0.3) is 0 Å². The highest BCUT2D eigenvalue weighted by Crippen LogP contribution is 2.19. The molecule has 0 aliphatic heterocycles. The molecule has 1 aromatic carbocycles. The monoisotopic (exact) mass is 234 g/mol. The molecule has 1 aromatic rings. The summed E-state index contributed by atoms with van der Waals surface area (Å²) < 4.78 is 45.7. The van der Waals surface area contributed by atoms with Gasteiger partial charge in [-0.25, -0.2) is 18.0 Å². The molecule has 0 radical (unpaired) electrons. The van der Waals surface area contributed by atoms with Crippen molar-refractivity contribution in [2.24, 2.45) is 0 Å². The van der Waals surface area contributed by atoms with Crippen LogP contribution in [0, 0.1) is 5.82 Å². The maximum Gasteiger partial charge on any atom is 0.337 e. The van der Waals surface area contributed by atoms with Crippen LogP contribution in [0.1, 0.15) is 10.4 Å². The molecule has 1 rings (SSSR count). The number of carbonyl (C=O) groups is 1. The number of methoxy groups -OCH3 is 1. The van der Waals surface area contributed by atoms with Crippen LogP contribution in [0.5, 0.6) is 5.75 Å². The van der Waals surface area contributed by atoms with Gasteiger partial charge in [0, 0.05) is 0 Å². The molecule has 0 fully saturated rings. The molecule has 0 aliphatic rings. The fourth-order valence-corrected chi connectivity index (χ4v) is 1.02. The Morgan fingerprint density at radius 3 is 2.62 bits per heavy atom. The summed E-state index contributed by atoms with van der Waals surface area (Å²) in [6, 6.07) is 3.20. The number of ether oxygens (including phenoxy) is 2. The Bertz CT molecular complexity index is 380. The van der Waals surface area contributed by atoms with Gasteiger partial charge < -0.3 is 9.47 Å². The van der Waals surface area contributed by atoms with Gasteiger partial charge in [-0.2, -0.15) is 0 Å². The van der Waals surface area contributed by atoms with Gasteiger partial charge in [0.05, 0.1) is 12.7 Å². The number of esters is 1. The lowest BCUT2D eigenvalue weighted by Crippen LogP contribution is -2.09. The molecule has 0 spiro atoms. The predicted molar refractivity (Wildman–Crippen MR) is 49.2 cm³/mol. The van der Waals surface area contributed by atoms with Crippen molar-refractivity contribution in [2.45, 2.75) is 6.43 Å². The second-order valence-corrected chi connectivity index (χ2v) is 2.84. The number of carbonyl (C=O) groups excluding carboxylic acids is 1. The maximum absolute atomic E-state index is 13.2. The summed E-state index contributed by atoms with van der Waals surface area (Å²) in [6.45, 7) is -0.894. The second-order valence-electron chi connectivity index (χ2n) is 2.84. The van der Waals surface area contributed by atoms with Crippen molar-refractivity contribution in [3.8, 4) is 5.75 Å². The molecule has 0 bridgehead atoms. The topological polar surface area (TPSA) is 35.5 Å². The molecule has 16 heavy (non-hydrogen) atoms. The van der Waals surface area contributed by atoms with Gasteiger partial charge in [0.1, 0.15) is 6.61 Å². The Kier molecular flexibility index (Phi) is 4.16. The average molecular weight is 234 g/mol. The van der Waals surface area contributed by atoms with Crippen LogP contribution in [-0.4, -0.2) is 26.1 Å². The van der Waals surface area contributed by atoms with Gasteiger partial charge >= 0.3 is 5.97 Å². The zero-order valence-corrected chi connectivity index (χ0v) is 8.38. The molecular weight excluding hydrogens is 225 g/mol. The molecule has 88 valence electrons. The van der Waals surface area contributed by atoms with Crippen molar-refractivity contribution in [3.63, 3.8) is 0 Å². The molecule has 0 heterocycles. The molecule has 0 amide bonds. The summed E-state index contributed by atoms with van der Waals surface area (Å²) in [4.78, 5) is 11.0. The van der Waals surface area contributed by atoms with Crippen LogP contribution < -0.4 is 4.74 Å². The number of halogens is 3. The highest BCUT2D eigenvalue weighted by Gasteiger charge is 2.12. The molecule has 0 saturated carbocycles. The fraction of sp³-hybridized carbons (Fsp3) is 0.300. The Morgan fingerprint density at radius 1 is 1.44 bits per heavy atom. The van der Waals surface area contributed by atoms with E-state index in [9.17, 15) is 18.0 Å². The lowest BCUT2D eigenvalue weighted by Gasteiger charge is -2.07. The van der Waals surface area contributed by atoms with Crippen LogP contribution in [0.4, 0.5) is 13.2 Å². The Hall–Kier alpha value is -1.72. The zero-order valence-electron chi connectivity index (χ0n) is 8.38. The second kappa shape index (κ2) is 5.39. The highest BCUT2D eigenvalue weighted by atomic mass is 19.3. The van der Waals surface area contributed by atoms with Crippen molar-refractivity contribution < 1.29 is 27.4 Å². The SMILES string of the molecule is COC(=O)c1ccc(OCC(F)F)c(F)c1. The average Bonchev–Trinajstić information content (AvgIpc) is 2.26. The van der Waals surface area contributed by atoms with E-state index in [1.54, 1.807) is 0 Å². The maximum atomic E-state index is 13.2. The van der Waals surface area contributed by atoms with Crippen LogP contribution in [0.15, 0.2) is 18.2 Å². The van der Waals surface area contributed by atoms with Crippen LogP contribution in [0.3, 0.4) is 0 Å². The molecule has 0 aliphatic carbocycles. The molecule has 0 atom stereocenters. The number of hydrogen-bond donors (Lipinski definition) is 0. The normalized spacial score (nSPS) is 10.3. The molecular formula is C10H9F3O3. The molecule has 3 nitrogen and oxygen atoms in total. The fourth-order valence-electron chi connectivity index (χ4n) is 1.02. The van der Waals surface area contributed by atoms with E-state index in [0.29, 0.717) is 0 Å². The molecule has 0 aromatic heterocycles. The molecule has 0 N–H and O–H groups in total. The van der Waals surface area contributed by atoms with Crippen LogP contribution in [-0.2, 0) is 4.74 Å². The minimum absolute atomic E-state index is 0.00982. The van der Waals surface area contributed by atoms with Gasteiger partial charge in [0.2, 0.25) is 0 Å². The zero-order chi connectivity index (χ0) is 12.1. The third kappa shape index (κ3) is 3.15. The number of hydrogen-bond acceptors (Lipinski definition) is 3. The summed E-state index contributed by atoms with van der Waals surface area (Å²) in [5.41, 5.74) is -0.00982. The van der Waals surface area contributed by atoms with Crippen molar-refractivity contribution in [3.05, 3.63) is 29.6 Å². The largest absolute Gasteiger partial charge is 0.485 e. The van der Waals surface area contributed by atoms with Crippen molar-refractivity contribution >= 4 is 5.97 Å². The minimum atomic E-state index is -2.68. The molecule has 0 saturated heterocycles. The first-order valence-electron chi connectivity index (χ1n) is 4.33. The van der Waals surface area contributed by atoms with Gasteiger partial charge in [-0.05, 0) is 18.2 Å². The van der Waals surface area contributed by atoms with Gasteiger partial charge in [0.25, 0.3) is 6.43 Å². The van der Waals surface area contributed by atoms with E-state index in [1.165, 1.54) is 6.07 Å². The number of rotatable bonds is 4. The summed E-state index contributed by atoms with van der Waals surface area (Å²) in [5, 5.41) is 0. The summed E-state index contributed by atoms with van der Waals surface area (Å²) >= 11 is 0. The number of benzene rings is 1. The third-order valence-corrected chi connectivity index (χ3v) is 1.72. The first-order valence-corrected chi connectivity index (χ1v) is 4.33. The van der Waals surface area contributed by atoms with E-state index in [0.717, 1.165) is 19.2 Å². The Labute approximate surface area is 89.8 Å². The minimum Gasteiger partial charge on any atom is -0.485 e. The van der Waals surface area contributed by atoms with E-state index in [1.807, 2.05) is 0 Å². The summed E-state index contributed by atoms with van der Waals surface area (Å²) in [5.74, 6) is -1.92. The lowest BCUT2D eigenvalue weighted by atomic mass is 10.2. The number of alkyl halides is 2. The van der Waals surface area contributed by atoms with E-state index >= 15 is 0 Å². The van der Waals surface area contributed by atoms with Crippen molar-refractivity contribution in [2.75, 3.05) is 13.7 Å². The third-order valence-electron chi connectivity index (χ3n) is 1.72. The van der Waals surface area contributed by atoms with Gasteiger partial charge in [-0.1, -0.05) is 0 Å². The first-order chi connectivity index (χ1) is 7.54. The van der Waals surface area contributed by atoms with E-state index < -0.39 is 24.8 Å². The smallest absolute Gasteiger partial charge is 0.337 e. The Morgan fingerprint density at radius 2 is 2.12 bits per heavy atom. The highest BCUT2D eigenvalue weighted by molar-refractivity contribution is 5.89. The quantitative estimate of drug-likeness (QED) is 0.749. The van der Waals surface area contributed by atoms with Gasteiger partial charge in [-0.3, -0.25) is 0 Å². The van der Waals surface area contributed by atoms with Gasteiger partial charge in [0.15, 0.2) is 11.6 Å². The van der Waals surface area contributed by atoms with Gasteiger partial charge in [-0.15, -0.1) is 0 Å². The van der Waals surface area contributed by atoms with Crippen LogP contribution in [0.2, 0.25) is 0 Å². The van der Waals surface area contributed by atoms with Crippen molar-refractivity contribution in [1.29, 1.82) is 0 Å². The summed E-state index contributed by atoms with van der Waals surface area (Å²) in [7, 11) is 1.15. The first kappa shape index (κ1) is 12.4. The summed E-state index contributed by atoms with van der Waals surface area (Å²) in [6.07, 6.45) is -2.68. The predicted octanol–water partition coefficient (Wildman–Crippen LogP) is 2.26. The lowest BCUT2D eigenvalue weighted by molar-refractivity contribution is 0.0599. The molecule has 0 unspecified atom stereocenters. The van der Waals surface area contributed by atoms with Crippen molar-refractivity contribution in [1.82, 2.24) is 0 Å². The van der Waals surface area contributed by atoms with Crippen LogP contribution >= 0.6 is 0 Å². The van der Waals surface area contributed by atoms with E-state index in [4.69, 9.17) is 0 Å². The Balaban J connectivity index is 2.79. The van der Waals surface area contributed by atoms with E-state index in [-0.39, 0.29) is 11.3 Å². The standard InChI is InChI=1S/C10H9F3O3/c1-15-10(14)6-2-3-8(7(11)4-6)16-5-9(12)13/h2-4,9H,5H2,1H3.